The number of nitrogens with zero attached hydrogens (tertiary/aromatic N) is 4. The topological polar surface area (TPSA) is 84.7 Å². The molecule has 0 bridgehead atoms. The molecule has 1 aliphatic heterocycles. The van der Waals surface area contributed by atoms with Crippen LogP contribution >= 0.6 is 0 Å². The Kier molecular flexibility index (Phi) is 9.58. The Morgan fingerprint density at radius 1 is 1.03 bits per heavy atom. The zero-order valence-electron chi connectivity index (χ0n) is 23.5. The molecule has 3 aromatic rings. The highest BCUT2D eigenvalue weighted by molar-refractivity contribution is 7.90. The van der Waals surface area contributed by atoms with Crippen LogP contribution in [0.1, 0.15) is 46.6 Å². The second kappa shape index (κ2) is 12.9. The molecule has 210 valence electrons. The lowest BCUT2D eigenvalue weighted by Gasteiger charge is -2.30. The van der Waals surface area contributed by atoms with Crippen molar-refractivity contribution in [3.8, 4) is 0 Å². The molecule has 1 amide bonds. The van der Waals surface area contributed by atoms with Crippen molar-refractivity contribution in [3.63, 3.8) is 0 Å². The number of ether oxygens (including phenoxy) is 1. The van der Waals surface area contributed by atoms with Gasteiger partial charge >= 0.3 is 0 Å². The fourth-order valence-corrected chi connectivity index (χ4v) is 6.49. The number of benzene rings is 2. The van der Waals surface area contributed by atoms with Gasteiger partial charge in [0.15, 0.2) is 0 Å². The molecule has 0 atom stereocenters. The molecule has 8 nitrogen and oxygen atoms in total. The first-order valence-electron chi connectivity index (χ1n) is 13.6. The monoisotopic (exact) mass is 552 g/mol. The number of imidazole rings is 1. The van der Waals surface area contributed by atoms with Gasteiger partial charge in [-0.05, 0) is 42.5 Å². The molecule has 2 heterocycles. The number of hydrogen-bond donors (Lipinski definition) is 0. The van der Waals surface area contributed by atoms with E-state index < -0.39 is 9.84 Å². The quantitative estimate of drug-likeness (QED) is 0.356. The standard InChI is InChI=1S/C30H40N4O4S/c1-23(2)20-34-27(19-31-30(34)39(36,37)22-26-11-7-5-9-24(26)3)21-33(14-13-32-15-17-38-18-16-32)29(35)28-12-8-6-10-25(28)4/h5-12,19,23H,13-18,20-22H2,1-4H3. The van der Waals surface area contributed by atoms with Gasteiger partial charge in [-0.1, -0.05) is 56.3 Å². The van der Waals surface area contributed by atoms with Gasteiger partial charge in [0.1, 0.15) is 0 Å². The predicted octanol–water partition coefficient (Wildman–Crippen LogP) is 4.10. The van der Waals surface area contributed by atoms with Crippen LogP contribution in [0.2, 0.25) is 0 Å². The first-order chi connectivity index (χ1) is 18.7. The lowest BCUT2D eigenvalue weighted by Crippen LogP contribution is -2.43. The number of carbonyl (C=O) groups excluding carboxylic acids is 1. The van der Waals surface area contributed by atoms with Crippen molar-refractivity contribution >= 4 is 15.7 Å². The Labute approximate surface area is 232 Å². The number of rotatable bonds is 11. The zero-order chi connectivity index (χ0) is 28.0. The fraction of sp³-hybridized carbons (Fsp3) is 0.467. The minimum atomic E-state index is -3.71. The van der Waals surface area contributed by atoms with E-state index in [9.17, 15) is 13.2 Å². The van der Waals surface area contributed by atoms with Gasteiger partial charge < -0.3 is 14.2 Å². The number of amides is 1. The van der Waals surface area contributed by atoms with E-state index in [1.807, 2.05) is 67.3 Å². The number of aryl methyl sites for hydroxylation is 2. The van der Waals surface area contributed by atoms with Crippen LogP contribution < -0.4 is 0 Å². The van der Waals surface area contributed by atoms with Crippen molar-refractivity contribution in [2.24, 2.45) is 5.92 Å². The van der Waals surface area contributed by atoms with Crippen LogP contribution in [-0.4, -0.2) is 73.1 Å². The van der Waals surface area contributed by atoms with Gasteiger partial charge in [-0.15, -0.1) is 0 Å². The number of aromatic nitrogens is 2. The molecular formula is C30H40N4O4S. The molecule has 0 radical (unpaired) electrons. The van der Waals surface area contributed by atoms with Gasteiger partial charge in [0.2, 0.25) is 15.0 Å². The third kappa shape index (κ3) is 7.35. The third-order valence-electron chi connectivity index (χ3n) is 7.14. The lowest BCUT2D eigenvalue weighted by molar-refractivity contribution is 0.0319. The average molecular weight is 553 g/mol. The highest BCUT2D eigenvalue weighted by Gasteiger charge is 2.27. The summed E-state index contributed by atoms with van der Waals surface area (Å²) in [5.41, 5.74) is 3.98. The summed E-state index contributed by atoms with van der Waals surface area (Å²) in [5.74, 6) is 0.0131. The summed E-state index contributed by atoms with van der Waals surface area (Å²) in [5, 5.41) is 0.0610. The van der Waals surface area contributed by atoms with E-state index in [1.54, 1.807) is 10.8 Å². The molecule has 1 fully saturated rings. The van der Waals surface area contributed by atoms with Gasteiger partial charge in [-0.25, -0.2) is 13.4 Å². The smallest absolute Gasteiger partial charge is 0.254 e. The van der Waals surface area contributed by atoms with Crippen molar-refractivity contribution in [2.45, 2.75) is 51.7 Å². The highest BCUT2D eigenvalue weighted by Crippen LogP contribution is 2.22. The molecule has 4 rings (SSSR count). The fourth-order valence-electron chi connectivity index (χ4n) is 4.89. The molecule has 1 saturated heterocycles. The average Bonchev–Trinajstić information content (AvgIpc) is 3.30. The maximum atomic E-state index is 13.8. The normalized spacial score (nSPS) is 14.6. The zero-order valence-corrected chi connectivity index (χ0v) is 24.3. The van der Waals surface area contributed by atoms with Crippen molar-refractivity contribution in [1.29, 1.82) is 0 Å². The highest BCUT2D eigenvalue weighted by atomic mass is 32.2. The molecule has 1 aromatic heterocycles. The molecule has 0 spiro atoms. The Hall–Kier alpha value is -3.01. The van der Waals surface area contributed by atoms with Crippen LogP contribution in [0.3, 0.4) is 0 Å². The summed E-state index contributed by atoms with van der Waals surface area (Å²) in [6.45, 7) is 13.0. The molecule has 0 unspecified atom stereocenters. The van der Waals surface area contributed by atoms with Gasteiger partial charge in [-0.3, -0.25) is 9.69 Å². The van der Waals surface area contributed by atoms with Crippen molar-refractivity contribution in [3.05, 3.63) is 82.7 Å². The summed E-state index contributed by atoms with van der Waals surface area (Å²) in [6.07, 6.45) is 1.62. The van der Waals surface area contributed by atoms with Crippen molar-refractivity contribution in [2.75, 3.05) is 39.4 Å². The summed E-state index contributed by atoms with van der Waals surface area (Å²) < 4.78 is 34.5. The van der Waals surface area contributed by atoms with Gasteiger partial charge in [-0.2, -0.15) is 0 Å². The molecule has 0 saturated carbocycles. The van der Waals surface area contributed by atoms with Crippen LogP contribution in [0.25, 0.3) is 0 Å². The maximum absolute atomic E-state index is 13.8. The molecular weight excluding hydrogens is 512 g/mol. The number of morpholine rings is 1. The molecule has 0 aliphatic carbocycles. The molecule has 39 heavy (non-hydrogen) atoms. The van der Waals surface area contributed by atoms with E-state index in [0.717, 1.165) is 42.0 Å². The minimum Gasteiger partial charge on any atom is -0.379 e. The van der Waals surface area contributed by atoms with Crippen molar-refractivity contribution in [1.82, 2.24) is 19.4 Å². The maximum Gasteiger partial charge on any atom is 0.254 e. The van der Waals surface area contributed by atoms with Crippen LogP contribution in [0.15, 0.2) is 59.9 Å². The van der Waals surface area contributed by atoms with E-state index in [1.165, 1.54) is 0 Å². The van der Waals surface area contributed by atoms with Gasteiger partial charge in [0.05, 0.1) is 37.4 Å². The number of hydrogen-bond acceptors (Lipinski definition) is 6. The van der Waals surface area contributed by atoms with Gasteiger partial charge in [0.25, 0.3) is 5.91 Å². The second-order valence-corrected chi connectivity index (χ2v) is 12.6. The van der Waals surface area contributed by atoms with Crippen LogP contribution in [0.4, 0.5) is 0 Å². The minimum absolute atomic E-state index is 0.0610. The summed E-state index contributed by atoms with van der Waals surface area (Å²) >= 11 is 0. The Morgan fingerprint density at radius 2 is 1.69 bits per heavy atom. The third-order valence-corrected chi connectivity index (χ3v) is 8.71. The Morgan fingerprint density at radius 3 is 2.36 bits per heavy atom. The van der Waals surface area contributed by atoms with Gasteiger partial charge in [0, 0.05) is 38.3 Å². The summed E-state index contributed by atoms with van der Waals surface area (Å²) in [4.78, 5) is 22.3. The molecule has 0 N–H and O–H groups in total. The van der Waals surface area contributed by atoms with Crippen LogP contribution in [0, 0.1) is 19.8 Å². The first kappa shape index (κ1) is 29.0. The Bertz CT molecular complexity index is 1380. The van der Waals surface area contributed by atoms with E-state index >= 15 is 0 Å². The van der Waals surface area contributed by atoms with Crippen LogP contribution in [-0.2, 0) is 33.4 Å². The molecule has 9 heteroatoms. The molecule has 1 aliphatic rings. The van der Waals surface area contributed by atoms with E-state index in [0.29, 0.717) is 31.9 Å². The lowest BCUT2D eigenvalue weighted by atomic mass is 10.1. The van der Waals surface area contributed by atoms with E-state index in [2.05, 4.69) is 23.7 Å². The van der Waals surface area contributed by atoms with E-state index in [-0.39, 0.29) is 29.3 Å². The molecule has 2 aromatic carbocycles. The second-order valence-electron chi connectivity index (χ2n) is 10.7. The first-order valence-corrected chi connectivity index (χ1v) is 15.3. The largest absolute Gasteiger partial charge is 0.379 e. The Balaban J connectivity index is 1.65. The summed E-state index contributed by atoms with van der Waals surface area (Å²) in [6, 6.07) is 15.1. The number of carbonyl (C=O) groups is 1. The van der Waals surface area contributed by atoms with Crippen molar-refractivity contribution < 1.29 is 17.9 Å². The van der Waals surface area contributed by atoms with E-state index in [4.69, 9.17) is 4.74 Å². The summed E-state index contributed by atoms with van der Waals surface area (Å²) in [7, 11) is -3.71. The SMILES string of the molecule is Cc1ccccc1CS(=O)(=O)c1ncc(CN(CCN2CCOCC2)C(=O)c2ccccc2C)n1CC(C)C. The predicted molar refractivity (Wildman–Crippen MR) is 152 cm³/mol. The van der Waals surface area contributed by atoms with Crippen LogP contribution in [0.5, 0.6) is 0 Å². The number of sulfone groups is 1.